The topological polar surface area (TPSA) is 99.4 Å². The van der Waals surface area contributed by atoms with Crippen molar-refractivity contribution < 1.29 is 14.3 Å². The molecule has 0 unspecified atom stereocenters. The average molecular weight is 258 g/mol. The fourth-order valence-electron chi connectivity index (χ4n) is 1.69. The molecular weight excluding hydrogens is 248 g/mol. The number of amides is 1. The summed E-state index contributed by atoms with van der Waals surface area (Å²) in [5, 5.41) is 2.55. The first kappa shape index (κ1) is 11.3. The lowest BCUT2D eigenvalue weighted by Gasteiger charge is -2.07. The molecule has 0 spiro atoms. The molecule has 3 N–H and O–H groups in total. The van der Waals surface area contributed by atoms with E-state index in [1.807, 2.05) is 0 Å². The molecule has 2 heterocycles. The molecule has 0 aliphatic carbocycles. The molecule has 1 aromatic heterocycles. The molecule has 0 atom stereocenters. The Hall–Kier alpha value is -2.83. The van der Waals surface area contributed by atoms with Gasteiger partial charge in [-0.2, -0.15) is 0 Å². The summed E-state index contributed by atoms with van der Waals surface area (Å²) in [6.07, 6.45) is 3.07. The number of carbonyl (C=O) groups is 1. The van der Waals surface area contributed by atoms with Crippen LogP contribution in [0.1, 0.15) is 10.4 Å². The van der Waals surface area contributed by atoms with E-state index in [4.69, 9.17) is 15.2 Å². The van der Waals surface area contributed by atoms with E-state index in [0.717, 1.165) is 0 Å². The summed E-state index contributed by atoms with van der Waals surface area (Å²) >= 11 is 0. The number of aromatic nitrogens is 2. The van der Waals surface area contributed by atoms with E-state index in [9.17, 15) is 4.79 Å². The van der Waals surface area contributed by atoms with Crippen molar-refractivity contribution >= 4 is 17.5 Å². The first-order chi connectivity index (χ1) is 9.24. The Balaban J connectivity index is 1.88. The van der Waals surface area contributed by atoms with Crippen molar-refractivity contribution in [2.24, 2.45) is 0 Å². The Morgan fingerprint density at radius 3 is 2.63 bits per heavy atom. The summed E-state index contributed by atoms with van der Waals surface area (Å²) in [7, 11) is 0. The Kier molecular flexibility index (Phi) is 2.64. The van der Waals surface area contributed by atoms with Crippen molar-refractivity contribution in [3.05, 3.63) is 36.2 Å². The first-order valence-corrected chi connectivity index (χ1v) is 5.51. The molecule has 0 radical (unpaired) electrons. The molecule has 1 aromatic carbocycles. The van der Waals surface area contributed by atoms with Crippen LogP contribution in [0.4, 0.5) is 11.6 Å². The Labute approximate surface area is 108 Å². The lowest BCUT2D eigenvalue weighted by molar-refractivity contribution is 0.102. The van der Waals surface area contributed by atoms with Crippen LogP contribution >= 0.6 is 0 Å². The highest BCUT2D eigenvalue weighted by Crippen LogP contribution is 2.36. The molecule has 1 aliphatic rings. The third-order valence-electron chi connectivity index (χ3n) is 2.58. The molecule has 7 heteroatoms. The fourth-order valence-corrected chi connectivity index (χ4v) is 1.69. The lowest BCUT2D eigenvalue weighted by atomic mass is 10.1. The molecule has 0 bridgehead atoms. The van der Waals surface area contributed by atoms with Crippen molar-refractivity contribution in [1.29, 1.82) is 0 Å². The van der Waals surface area contributed by atoms with Crippen molar-refractivity contribution in [2.75, 3.05) is 17.8 Å². The van der Waals surface area contributed by atoms with E-state index in [1.54, 1.807) is 12.1 Å². The van der Waals surface area contributed by atoms with E-state index < -0.39 is 5.91 Å². The SMILES string of the molecule is Nc1cc2c(cc1C(=O)Nc1ncccn1)OCO2. The maximum Gasteiger partial charge on any atom is 0.260 e. The maximum absolute atomic E-state index is 12.1. The lowest BCUT2D eigenvalue weighted by Crippen LogP contribution is -2.15. The van der Waals surface area contributed by atoms with Gasteiger partial charge in [-0.25, -0.2) is 9.97 Å². The van der Waals surface area contributed by atoms with E-state index in [-0.39, 0.29) is 18.3 Å². The summed E-state index contributed by atoms with van der Waals surface area (Å²) in [5.41, 5.74) is 6.40. The minimum absolute atomic E-state index is 0.127. The van der Waals surface area contributed by atoms with Crippen LogP contribution in [0, 0.1) is 0 Å². The van der Waals surface area contributed by atoms with Crippen LogP contribution in [0.15, 0.2) is 30.6 Å². The quantitative estimate of drug-likeness (QED) is 0.781. The fraction of sp³-hybridized carbons (Fsp3) is 0.0833. The van der Waals surface area contributed by atoms with Gasteiger partial charge in [-0.05, 0) is 12.1 Å². The molecule has 7 nitrogen and oxygen atoms in total. The van der Waals surface area contributed by atoms with Crippen LogP contribution in [0.2, 0.25) is 0 Å². The Bertz CT molecular complexity index is 630. The van der Waals surface area contributed by atoms with Gasteiger partial charge in [0.2, 0.25) is 12.7 Å². The van der Waals surface area contributed by atoms with Gasteiger partial charge in [0.25, 0.3) is 5.91 Å². The zero-order chi connectivity index (χ0) is 13.2. The molecule has 1 aliphatic heterocycles. The molecule has 19 heavy (non-hydrogen) atoms. The Morgan fingerprint density at radius 1 is 1.21 bits per heavy atom. The summed E-state index contributed by atoms with van der Waals surface area (Å²) in [6.45, 7) is 0.127. The van der Waals surface area contributed by atoms with Gasteiger partial charge in [0, 0.05) is 24.1 Å². The molecule has 3 rings (SSSR count). The first-order valence-electron chi connectivity index (χ1n) is 5.51. The summed E-state index contributed by atoms with van der Waals surface area (Å²) in [6, 6.07) is 4.75. The molecule has 0 saturated heterocycles. The van der Waals surface area contributed by atoms with Gasteiger partial charge >= 0.3 is 0 Å². The van der Waals surface area contributed by atoms with Gasteiger partial charge in [-0.1, -0.05) is 0 Å². The number of fused-ring (bicyclic) bond motifs is 1. The van der Waals surface area contributed by atoms with Crippen molar-refractivity contribution in [1.82, 2.24) is 9.97 Å². The largest absolute Gasteiger partial charge is 0.454 e. The number of ether oxygens (including phenoxy) is 2. The standard InChI is InChI=1S/C12H10N4O3/c13-8-5-10-9(18-6-19-10)4-7(8)11(17)16-12-14-2-1-3-15-12/h1-5H,6,13H2,(H,14,15,16,17). The highest BCUT2D eigenvalue weighted by molar-refractivity contribution is 6.07. The van der Waals surface area contributed by atoms with Gasteiger partial charge in [0.15, 0.2) is 11.5 Å². The summed E-state index contributed by atoms with van der Waals surface area (Å²) in [5.74, 6) is 0.838. The molecule has 96 valence electrons. The normalized spacial score (nSPS) is 12.2. The average Bonchev–Trinajstić information content (AvgIpc) is 2.86. The number of nitrogen functional groups attached to an aromatic ring is 1. The molecule has 0 fully saturated rings. The monoisotopic (exact) mass is 258 g/mol. The highest BCUT2D eigenvalue weighted by Gasteiger charge is 2.20. The van der Waals surface area contributed by atoms with Crippen molar-refractivity contribution in [3.8, 4) is 11.5 Å². The van der Waals surface area contributed by atoms with Gasteiger partial charge < -0.3 is 15.2 Å². The predicted molar refractivity (Wildman–Crippen MR) is 67.0 cm³/mol. The zero-order valence-corrected chi connectivity index (χ0v) is 9.79. The number of rotatable bonds is 2. The molecule has 0 saturated carbocycles. The number of nitrogens with zero attached hydrogens (tertiary/aromatic N) is 2. The van der Waals surface area contributed by atoms with Crippen LogP contribution in [0.5, 0.6) is 11.5 Å². The number of nitrogens with two attached hydrogens (primary N) is 1. The molecule has 1 amide bonds. The Morgan fingerprint density at radius 2 is 1.89 bits per heavy atom. The maximum atomic E-state index is 12.1. The summed E-state index contributed by atoms with van der Waals surface area (Å²) < 4.78 is 10.4. The molecular formula is C12H10N4O3. The van der Waals surface area contributed by atoms with Crippen molar-refractivity contribution in [2.45, 2.75) is 0 Å². The second-order valence-electron chi connectivity index (χ2n) is 3.82. The van der Waals surface area contributed by atoms with Crippen LogP contribution < -0.4 is 20.5 Å². The number of hydrogen-bond donors (Lipinski definition) is 2. The number of nitrogens with one attached hydrogen (secondary N) is 1. The molecule has 2 aromatic rings. The van der Waals surface area contributed by atoms with Gasteiger partial charge in [-0.15, -0.1) is 0 Å². The number of hydrogen-bond acceptors (Lipinski definition) is 6. The van der Waals surface area contributed by atoms with E-state index in [2.05, 4.69) is 15.3 Å². The second-order valence-corrected chi connectivity index (χ2v) is 3.82. The van der Waals surface area contributed by atoms with E-state index >= 15 is 0 Å². The number of benzene rings is 1. The van der Waals surface area contributed by atoms with Gasteiger partial charge in [0.1, 0.15) is 0 Å². The van der Waals surface area contributed by atoms with Crippen LogP contribution in [-0.2, 0) is 0 Å². The third kappa shape index (κ3) is 2.13. The van der Waals surface area contributed by atoms with Crippen LogP contribution in [0.25, 0.3) is 0 Å². The van der Waals surface area contributed by atoms with Gasteiger partial charge in [-0.3, -0.25) is 10.1 Å². The minimum atomic E-state index is -0.401. The predicted octanol–water partition coefficient (Wildman–Crippen LogP) is 1.04. The zero-order valence-electron chi connectivity index (χ0n) is 9.79. The van der Waals surface area contributed by atoms with E-state index in [0.29, 0.717) is 17.2 Å². The van der Waals surface area contributed by atoms with Crippen molar-refractivity contribution in [3.63, 3.8) is 0 Å². The summed E-state index contributed by atoms with van der Waals surface area (Å²) in [4.78, 5) is 19.9. The number of carbonyl (C=O) groups excluding carboxylic acids is 1. The van der Waals surface area contributed by atoms with Gasteiger partial charge in [0.05, 0.1) is 5.56 Å². The highest BCUT2D eigenvalue weighted by atomic mass is 16.7. The third-order valence-corrected chi connectivity index (χ3v) is 2.58. The van der Waals surface area contributed by atoms with Crippen LogP contribution in [-0.4, -0.2) is 22.7 Å². The van der Waals surface area contributed by atoms with Crippen LogP contribution in [0.3, 0.4) is 0 Å². The number of anilines is 2. The minimum Gasteiger partial charge on any atom is -0.454 e. The smallest absolute Gasteiger partial charge is 0.260 e. The second kappa shape index (κ2) is 4.45. The van der Waals surface area contributed by atoms with E-state index in [1.165, 1.54) is 18.5 Å².